The third-order valence-electron chi connectivity index (χ3n) is 3.36. The van der Waals surface area contributed by atoms with Gasteiger partial charge in [-0.3, -0.25) is 4.90 Å². The highest BCUT2D eigenvalue weighted by molar-refractivity contribution is 6.30. The quantitative estimate of drug-likeness (QED) is 0.930. The first-order chi connectivity index (χ1) is 9.54. The molecule has 0 aliphatic carbocycles. The average molecular weight is 296 g/mol. The van der Waals surface area contributed by atoms with Crippen molar-refractivity contribution >= 4 is 23.3 Å². The SMILES string of the molecule is CC(C)CN1CCN(C(=O)Nc2cccc(Cl)c2)CC1. The molecule has 0 saturated carbocycles. The van der Waals surface area contributed by atoms with Crippen molar-refractivity contribution in [3.05, 3.63) is 29.3 Å². The number of rotatable bonds is 3. The van der Waals surface area contributed by atoms with Gasteiger partial charge in [-0.2, -0.15) is 0 Å². The van der Waals surface area contributed by atoms with Gasteiger partial charge in [0.25, 0.3) is 0 Å². The summed E-state index contributed by atoms with van der Waals surface area (Å²) in [5, 5.41) is 3.52. The second kappa shape index (κ2) is 6.95. The van der Waals surface area contributed by atoms with E-state index in [1.54, 1.807) is 12.1 Å². The molecular formula is C15H22ClN3O. The molecule has 4 nitrogen and oxygen atoms in total. The van der Waals surface area contributed by atoms with Gasteiger partial charge in [0.1, 0.15) is 0 Å². The number of halogens is 1. The minimum Gasteiger partial charge on any atom is -0.322 e. The van der Waals surface area contributed by atoms with Crippen molar-refractivity contribution in [3.63, 3.8) is 0 Å². The first-order valence-electron chi connectivity index (χ1n) is 7.08. The predicted octanol–water partition coefficient (Wildman–Crippen LogP) is 3.15. The van der Waals surface area contributed by atoms with E-state index in [9.17, 15) is 4.79 Å². The Morgan fingerprint density at radius 2 is 2.00 bits per heavy atom. The van der Waals surface area contributed by atoms with Crippen LogP contribution < -0.4 is 5.32 Å². The Morgan fingerprint density at radius 1 is 1.30 bits per heavy atom. The number of carbonyl (C=O) groups is 1. The Hall–Kier alpha value is -1.26. The molecule has 1 saturated heterocycles. The molecule has 1 aliphatic rings. The first kappa shape index (κ1) is 15.1. The molecule has 110 valence electrons. The molecule has 5 heteroatoms. The van der Waals surface area contributed by atoms with Gasteiger partial charge >= 0.3 is 6.03 Å². The van der Waals surface area contributed by atoms with Crippen LogP contribution in [0.4, 0.5) is 10.5 Å². The molecule has 1 aliphatic heterocycles. The molecule has 0 atom stereocenters. The van der Waals surface area contributed by atoms with Crippen molar-refractivity contribution in [2.45, 2.75) is 13.8 Å². The summed E-state index contributed by atoms with van der Waals surface area (Å²) in [5.41, 5.74) is 0.743. The van der Waals surface area contributed by atoms with Gasteiger partial charge in [0, 0.05) is 43.4 Å². The molecule has 1 N–H and O–H groups in total. The topological polar surface area (TPSA) is 35.6 Å². The van der Waals surface area contributed by atoms with Gasteiger partial charge in [-0.1, -0.05) is 31.5 Å². The second-order valence-electron chi connectivity index (χ2n) is 5.62. The maximum Gasteiger partial charge on any atom is 0.321 e. The number of nitrogens with one attached hydrogen (secondary N) is 1. The fourth-order valence-electron chi connectivity index (χ4n) is 2.42. The minimum atomic E-state index is -0.0449. The zero-order chi connectivity index (χ0) is 14.5. The highest BCUT2D eigenvalue weighted by Crippen LogP contribution is 2.16. The fraction of sp³-hybridized carbons (Fsp3) is 0.533. The van der Waals surface area contributed by atoms with Crippen molar-refractivity contribution in [1.82, 2.24) is 9.80 Å². The molecule has 0 bridgehead atoms. The minimum absolute atomic E-state index is 0.0449. The monoisotopic (exact) mass is 295 g/mol. The van der Waals surface area contributed by atoms with Crippen LogP contribution in [0.3, 0.4) is 0 Å². The zero-order valence-corrected chi connectivity index (χ0v) is 12.9. The molecule has 2 rings (SSSR count). The molecule has 20 heavy (non-hydrogen) atoms. The smallest absolute Gasteiger partial charge is 0.321 e. The molecular weight excluding hydrogens is 274 g/mol. The van der Waals surface area contributed by atoms with Crippen molar-refractivity contribution in [1.29, 1.82) is 0 Å². The number of anilines is 1. The summed E-state index contributed by atoms with van der Waals surface area (Å²) >= 11 is 5.91. The van der Waals surface area contributed by atoms with Crippen molar-refractivity contribution < 1.29 is 4.79 Å². The number of nitrogens with zero attached hydrogens (tertiary/aromatic N) is 2. The molecule has 1 fully saturated rings. The fourth-order valence-corrected chi connectivity index (χ4v) is 2.61. The molecule has 1 heterocycles. The Morgan fingerprint density at radius 3 is 2.60 bits per heavy atom. The molecule has 2 amide bonds. The van der Waals surface area contributed by atoms with E-state index in [0.717, 1.165) is 38.4 Å². The van der Waals surface area contributed by atoms with Crippen LogP contribution in [0.5, 0.6) is 0 Å². The highest BCUT2D eigenvalue weighted by Gasteiger charge is 2.21. The molecule has 1 aromatic carbocycles. The number of urea groups is 1. The Kier molecular flexibility index (Phi) is 5.26. The first-order valence-corrected chi connectivity index (χ1v) is 7.46. The van der Waals surface area contributed by atoms with E-state index in [4.69, 9.17) is 11.6 Å². The Bertz CT molecular complexity index is 456. The molecule has 0 spiro atoms. The van der Waals surface area contributed by atoms with E-state index in [2.05, 4.69) is 24.1 Å². The maximum atomic E-state index is 12.2. The molecule has 0 aromatic heterocycles. The van der Waals surface area contributed by atoms with Crippen LogP contribution in [0.2, 0.25) is 5.02 Å². The highest BCUT2D eigenvalue weighted by atomic mass is 35.5. The van der Waals surface area contributed by atoms with E-state index < -0.39 is 0 Å². The molecule has 1 aromatic rings. The van der Waals surface area contributed by atoms with Crippen molar-refractivity contribution in [3.8, 4) is 0 Å². The maximum absolute atomic E-state index is 12.2. The Balaban J connectivity index is 1.83. The van der Waals surface area contributed by atoms with Crippen LogP contribution >= 0.6 is 11.6 Å². The standard InChI is InChI=1S/C15H22ClN3O/c1-12(2)11-18-6-8-19(9-7-18)15(20)17-14-5-3-4-13(16)10-14/h3-5,10,12H,6-9,11H2,1-2H3,(H,17,20). The van der Waals surface area contributed by atoms with Crippen molar-refractivity contribution in [2.75, 3.05) is 38.0 Å². The van der Waals surface area contributed by atoms with E-state index in [-0.39, 0.29) is 6.03 Å². The van der Waals surface area contributed by atoms with Gasteiger partial charge in [-0.05, 0) is 24.1 Å². The van der Waals surface area contributed by atoms with Gasteiger partial charge in [-0.25, -0.2) is 4.79 Å². The van der Waals surface area contributed by atoms with Crippen LogP contribution in [-0.2, 0) is 0 Å². The third kappa shape index (κ3) is 4.39. The predicted molar refractivity (Wildman–Crippen MR) is 83.3 cm³/mol. The van der Waals surface area contributed by atoms with Crippen molar-refractivity contribution in [2.24, 2.45) is 5.92 Å². The number of hydrogen-bond donors (Lipinski definition) is 1. The lowest BCUT2D eigenvalue weighted by molar-refractivity contribution is 0.138. The van der Waals surface area contributed by atoms with Gasteiger partial charge in [0.05, 0.1) is 0 Å². The van der Waals surface area contributed by atoms with Crippen LogP contribution in [0.1, 0.15) is 13.8 Å². The number of piperazine rings is 1. The number of benzene rings is 1. The summed E-state index contributed by atoms with van der Waals surface area (Å²) in [4.78, 5) is 16.4. The lowest BCUT2D eigenvalue weighted by Crippen LogP contribution is -2.50. The number of amides is 2. The van der Waals surface area contributed by atoms with E-state index in [1.165, 1.54) is 0 Å². The van der Waals surface area contributed by atoms with Crippen LogP contribution in [0, 0.1) is 5.92 Å². The second-order valence-corrected chi connectivity index (χ2v) is 6.06. The van der Waals surface area contributed by atoms with E-state index >= 15 is 0 Å². The zero-order valence-electron chi connectivity index (χ0n) is 12.1. The van der Waals surface area contributed by atoms with Gasteiger partial charge < -0.3 is 10.2 Å². The summed E-state index contributed by atoms with van der Waals surface area (Å²) in [6, 6.07) is 7.18. The summed E-state index contributed by atoms with van der Waals surface area (Å²) in [7, 11) is 0. The summed E-state index contributed by atoms with van der Waals surface area (Å²) in [6.45, 7) is 8.99. The van der Waals surface area contributed by atoms with Crippen LogP contribution in [-0.4, -0.2) is 48.6 Å². The third-order valence-corrected chi connectivity index (χ3v) is 3.59. The average Bonchev–Trinajstić information content (AvgIpc) is 2.38. The molecule has 0 unspecified atom stereocenters. The normalized spacial score (nSPS) is 16.5. The van der Waals surface area contributed by atoms with Crippen LogP contribution in [0.15, 0.2) is 24.3 Å². The van der Waals surface area contributed by atoms with E-state index in [0.29, 0.717) is 10.9 Å². The van der Waals surface area contributed by atoms with Crippen LogP contribution in [0.25, 0.3) is 0 Å². The number of carbonyl (C=O) groups excluding carboxylic acids is 1. The molecule has 0 radical (unpaired) electrons. The van der Waals surface area contributed by atoms with E-state index in [1.807, 2.05) is 17.0 Å². The van der Waals surface area contributed by atoms with Gasteiger partial charge in [-0.15, -0.1) is 0 Å². The lowest BCUT2D eigenvalue weighted by Gasteiger charge is -2.35. The largest absolute Gasteiger partial charge is 0.322 e. The van der Waals surface area contributed by atoms with Gasteiger partial charge in [0.2, 0.25) is 0 Å². The number of hydrogen-bond acceptors (Lipinski definition) is 2. The summed E-state index contributed by atoms with van der Waals surface area (Å²) in [6.07, 6.45) is 0. The summed E-state index contributed by atoms with van der Waals surface area (Å²) < 4.78 is 0. The lowest BCUT2D eigenvalue weighted by atomic mass is 10.2. The Labute approximate surface area is 125 Å². The summed E-state index contributed by atoms with van der Waals surface area (Å²) in [5.74, 6) is 0.668. The van der Waals surface area contributed by atoms with Gasteiger partial charge in [0.15, 0.2) is 0 Å².